The van der Waals surface area contributed by atoms with Crippen LogP contribution in [-0.2, 0) is 16.0 Å². The number of guanidine groups is 1. The smallest absolute Gasteiger partial charge is 0.341 e. The van der Waals surface area contributed by atoms with E-state index < -0.39 is 5.97 Å². The predicted octanol–water partition coefficient (Wildman–Crippen LogP) is 2.16. The molecule has 0 radical (unpaired) electrons. The number of nitrogens with zero attached hydrogens (tertiary/aromatic N) is 2. The molecule has 0 bridgehead atoms. The monoisotopic (exact) mass is 508 g/mol. The molecule has 2 N–H and O–H groups in total. The van der Waals surface area contributed by atoms with Crippen LogP contribution in [0.4, 0.5) is 0 Å². The number of carbonyl (C=O) groups is 1. The van der Waals surface area contributed by atoms with Crippen LogP contribution in [0.15, 0.2) is 15.5 Å². The van der Waals surface area contributed by atoms with E-state index in [9.17, 15) is 4.79 Å². The highest BCUT2D eigenvalue weighted by atomic mass is 127. The maximum atomic E-state index is 11.7. The lowest BCUT2D eigenvalue weighted by molar-refractivity contribution is -0.00834. The van der Waals surface area contributed by atoms with Crippen molar-refractivity contribution in [3.63, 3.8) is 0 Å². The Hall–Kier alpha value is -1.33. The zero-order chi connectivity index (χ0) is 19.9. The Morgan fingerprint density at radius 2 is 2.00 bits per heavy atom. The first-order chi connectivity index (χ1) is 12.9. The summed E-state index contributed by atoms with van der Waals surface area (Å²) < 4.78 is 15.8. The second-order valence-corrected chi connectivity index (χ2v) is 7.13. The number of aryl methyl sites for hydroxylation is 1. The van der Waals surface area contributed by atoms with Crippen molar-refractivity contribution < 1.29 is 18.7 Å². The summed E-state index contributed by atoms with van der Waals surface area (Å²) in [4.78, 5) is 18.7. The summed E-state index contributed by atoms with van der Waals surface area (Å²) in [6, 6.07) is 1.69. The van der Waals surface area contributed by atoms with Gasteiger partial charge in [-0.15, -0.1) is 24.0 Å². The van der Waals surface area contributed by atoms with Crippen molar-refractivity contribution in [2.24, 2.45) is 4.99 Å². The third kappa shape index (κ3) is 6.93. The molecule has 1 fully saturated rings. The van der Waals surface area contributed by atoms with Crippen molar-refractivity contribution in [2.45, 2.75) is 39.8 Å². The summed E-state index contributed by atoms with van der Waals surface area (Å²) in [6.07, 6.45) is 0. The highest BCUT2D eigenvalue weighted by Gasteiger charge is 2.28. The molecular formula is C19H33IN4O4. The Morgan fingerprint density at radius 3 is 2.61 bits per heavy atom. The van der Waals surface area contributed by atoms with Crippen LogP contribution in [0.1, 0.15) is 42.6 Å². The Kier molecular flexibility index (Phi) is 10.3. The zero-order valence-electron chi connectivity index (χ0n) is 17.5. The largest absolute Gasteiger partial charge is 0.465 e. The quantitative estimate of drug-likeness (QED) is 0.253. The fourth-order valence-electron chi connectivity index (χ4n) is 3.01. The number of hydrogen-bond acceptors (Lipinski definition) is 6. The van der Waals surface area contributed by atoms with Crippen LogP contribution in [0.2, 0.25) is 0 Å². The third-order valence-corrected chi connectivity index (χ3v) is 4.67. The SMILES string of the molecule is CCNC(=NCc1cc(C(=O)OC)c(C)o1)NCC(C)(C)N1CCOCC1.I. The molecule has 1 aromatic heterocycles. The van der Waals surface area contributed by atoms with Crippen LogP contribution >= 0.6 is 24.0 Å². The van der Waals surface area contributed by atoms with Gasteiger partial charge in [-0.05, 0) is 33.8 Å². The standard InChI is InChI=1S/C19H32N4O4.HI/c1-6-20-18(22-13-19(3,4)23-7-9-26-10-8-23)21-12-15-11-16(14(2)27-15)17(24)25-5;/h11H,6-10,12-13H2,1-5H3,(H2,20,21,22);1H. The van der Waals surface area contributed by atoms with Crippen molar-refractivity contribution in [3.05, 3.63) is 23.2 Å². The second kappa shape index (κ2) is 11.6. The predicted molar refractivity (Wildman–Crippen MR) is 119 cm³/mol. The van der Waals surface area contributed by atoms with Crippen molar-refractivity contribution in [1.29, 1.82) is 0 Å². The number of hydrogen-bond donors (Lipinski definition) is 2. The summed E-state index contributed by atoms with van der Waals surface area (Å²) in [5, 5.41) is 6.65. The van der Waals surface area contributed by atoms with Crippen molar-refractivity contribution in [1.82, 2.24) is 15.5 Å². The Morgan fingerprint density at radius 1 is 1.32 bits per heavy atom. The van der Waals surface area contributed by atoms with Crippen molar-refractivity contribution in [2.75, 3.05) is 46.5 Å². The van der Waals surface area contributed by atoms with E-state index in [2.05, 4.69) is 34.4 Å². The Balaban J connectivity index is 0.00000392. The first-order valence-electron chi connectivity index (χ1n) is 9.40. The van der Waals surface area contributed by atoms with E-state index in [0.717, 1.165) is 39.4 Å². The molecule has 2 heterocycles. The zero-order valence-corrected chi connectivity index (χ0v) is 19.8. The molecule has 0 atom stereocenters. The number of aliphatic imine (C=N–C) groups is 1. The van der Waals surface area contributed by atoms with E-state index in [4.69, 9.17) is 13.9 Å². The molecular weight excluding hydrogens is 475 g/mol. The topological polar surface area (TPSA) is 88.3 Å². The molecule has 0 unspecified atom stereocenters. The van der Waals surface area contributed by atoms with Gasteiger partial charge in [-0.2, -0.15) is 0 Å². The number of ether oxygens (including phenoxy) is 2. The molecule has 0 aliphatic carbocycles. The second-order valence-electron chi connectivity index (χ2n) is 7.13. The van der Waals surface area contributed by atoms with Crippen LogP contribution in [0.3, 0.4) is 0 Å². The lowest BCUT2D eigenvalue weighted by Gasteiger charge is -2.41. The average Bonchev–Trinajstić information content (AvgIpc) is 3.04. The van der Waals surface area contributed by atoms with Crippen molar-refractivity contribution >= 4 is 35.9 Å². The van der Waals surface area contributed by atoms with Gasteiger partial charge in [0.05, 0.1) is 20.3 Å². The number of nitrogens with one attached hydrogen (secondary N) is 2. The summed E-state index contributed by atoms with van der Waals surface area (Å²) in [5.41, 5.74) is 0.424. The lowest BCUT2D eigenvalue weighted by atomic mass is 10.0. The van der Waals surface area contributed by atoms with Gasteiger partial charge in [0.15, 0.2) is 5.96 Å². The Labute approximate surface area is 184 Å². The summed E-state index contributed by atoms with van der Waals surface area (Å²) in [7, 11) is 1.36. The Bertz CT molecular complexity index is 654. The molecule has 0 spiro atoms. The fraction of sp³-hybridized carbons (Fsp3) is 0.684. The van der Waals surface area contributed by atoms with Gasteiger partial charge >= 0.3 is 5.97 Å². The highest BCUT2D eigenvalue weighted by Crippen LogP contribution is 2.17. The van der Waals surface area contributed by atoms with Gasteiger partial charge in [0.2, 0.25) is 0 Å². The van der Waals surface area contributed by atoms with Gasteiger partial charge in [-0.25, -0.2) is 9.79 Å². The van der Waals surface area contributed by atoms with Gasteiger partial charge in [0.25, 0.3) is 0 Å². The van der Waals surface area contributed by atoms with E-state index in [1.54, 1.807) is 13.0 Å². The minimum Gasteiger partial charge on any atom is -0.465 e. The summed E-state index contributed by atoms with van der Waals surface area (Å²) in [5.74, 6) is 1.48. The molecule has 160 valence electrons. The van der Waals surface area contributed by atoms with E-state index in [1.165, 1.54) is 7.11 Å². The molecule has 1 saturated heterocycles. The number of morpholine rings is 1. The van der Waals surface area contributed by atoms with E-state index >= 15 is 0 Å². The van der Waals surface area contributed by atoms with Crippen LogP contribution in [-0.4, -0.2) is 68.9 Å². The molecule has 8 nitrogen and oxygen atoms in total. The number of rotatable bonds is 7. The van der Waals surface area contributed by atoms with Gasteiger partial charge < -0.3 is 24.5 Å². The first kappa shape index (κ1) is 24.7. The van der Waals surface area contributed by atoms with Gasteiger partial charge in [-0.3, -0.25) is 4.90 Å². The number of methoxy groups -OCH3 is 1. The number of halogens is 1. The highest BCUT2D eigenvalue weighted by molar-refractivity contribution is 14.0. The normalized spacial score (nSPS) is 15.7. The van der Waals surface area contributed by atoms with Crippen LogP contribution in [0.25, 0.3) is 0 Å². The first-order valence-corrected chi connectivity index (χ1v) is 9.40. The average molecular weight is 508 g/mol. The molecule has 28 heavy (non-hydrogen) atoms. The minimum atomic E-state index is -0.399. The molecule has 0 aromatic carbocycles. The molecule has 9 heteroatoms. The van der Waals surface area contributed by atoms with Gasteiger partial charge in [0, 0.05) is 31.7 Å². The van der Waals surface area contributed by atoms with Crippen molar-refractivity contribution in [3.8, 4) is 0 Å². The van der Waals surface area contributed by atoms with E-state index in [0.29, 0.717) is 29.6 Å². The molecule has 1 aromatic rings. The summed E-state index contributed by atoms with van der Waals surface area (Å²) >= 11 is 0. The molecule has 2 rings (SSSR count). The molecule has 1 aliphatic rings. The molecule has 0 saturated carbocycles. The maximum absolute atomic E-state index is 11.7. The molecule has 1 aliphatic heterocycles. The van der Waals surface area contributed by atoms with Crippen LogP contribution < -0.4 is 10.6 Å². The molecule has 0 amide bonds. The number of furan rings is 1. The third-order valence-electron chi connectivity index (χ3n) is 4.67. The maximum Gasteiger partial charge on any atom is 0.341 e. The minimum absolute atomic E-state index is 0. The fourth-order valence-corrected chi connectivity index (χ4v) is 3.01. The summed E-state index contributed by atoms with van der Waals surface area (Å²) in [6.45, 7) is 13.5. The number of carbonyl (C=O) groups excluding carboxylic acids is 1. The lowest BCUT2D eigenvalue weighted by Crippen LogP contribution is -2.56. The van der Waals surface area contributed by atoms with Crippen LogP contribution in [0, 0.1) is 6.92 Å². The van der Waals surface area contributed by atoms with E-state index in [1.807, 2.05) is 6.92 Å². The van der Waals surface area contributed by atoms with Gasteiger partial charge in [0.1, 0.15) is 23.6 Å². The number of esters is 1. The van der Waals surface area contributed by atoms with Crippen LogP contribution in [0.5, 0.6) is 0 Å². The van der Waals surface area contributed by atoms with Gasteiger partial charge in [-0.1, -0.05) is 0 Å². The van der Waals surface area contributed by atoms with E-state index in [-0.39, 0.29) is 29.5 Å².